The highest BCUT2D eigenvalue weighted by Gasteiger charge is 2.17. The summed E-state index contributed by atoms with van der Waals surface area (Å²) < 4.78 is 0. The molecule has 102 valence electrons. The molecular formula is C13H24N4O. The Balaban J connectivity index is 2.96. The van der Waals surface area contributed by atoms with Crippen LogP contribution in [-0.2, 0) is 6.42 Å². The fourth-order valence-electron chi connectivity index (χ4n) is 1.77. The van der Waals surface area contributed by atoms with Crippen LogP contribution in [-0.4, -0.2) is 40.8 Å². The number of anilines is 2. The van der Waals surface area contributed by atoms with E-state index in [0.29, 0.717) is 6.54 Å². The summed E-state index contributed by atoms with van der Waals surface area (Å²) in [5.41, 5.74) is -0.746. The number of nitrogens with zero attached hydrogens (tertiary/aromatic N) is 3. The molecule has 0 fully saturated rings. The maximum Gasteiger partial charge on any atom is 0.134 e. The highest BCUT2D eigenvalue weighted by atomic mass is 16.3. The monoisotopic (exact) mass is 252 g/mol. The lowest BCUT2D eigenvalue weighted by Gasteiger charge is -2.26. The fraction of sp³-hybridized carbons (Fsp3) is 0.692. The predicted molar refractivity (Wildman–Crippen MR) is 75.1 cm³/mol. The third-order valence-corrected chi connectivity index (χ3v) is 2.45. The summed E-state index contributed by atoms with van der Waals surface area (Å²) in [5, 5.41) is 13.0. The molecule has 0 aromatic carbocycles. The third kappa shape index (κ3) is 4.49. The summed E-state index contributed by atoms with van der Waals surface area (Å²) in [4.78, 5) is 10.8. The van der Waals surface area contributed by atoms with E-state index in [1.807, 2.05) is 31.9 Å². The lowest BCUT2D eigenvalue weighted by molar-refractivity contribution is 0.0884. The lowest BCUT2D eigenvalue weighted by atomic mass is 10.1. The van der Waals surface area contributed by atoms with Crippen molar-refractivity contribution in [3.8, 4) is 0 Å². The average molecular weight is 252 g/mol. The van der Waals surface area contributed by atoms with E-state index in [9.17, 15) is 5.11 Å². The summed E-state index contributed by atoms with van der Waals surface area (Å²) in [7, 11) is 1.93. The van der Waals surface area contributed by atoms with Crippen molar-refractivity contribution in [2.75, 3.05) is 30.4 Å². The average Bonchev–Trinajstić information content (AvgIpc) is 2.26. The summed E-state index contributed by atoms with van der Waals surface area (Å²) in [5.74, 6) is 2.48. The minimum atomic E-state index is -0.746. The van der Waals surface area contributed by atoms with Gasteiger partial charge in [0.25, 0.3) is 0 Å². The van der Waals surface area contributed by atoms with Crippen molar-refractivity contribution >= 4 is 11.6 Å². The molecule has 0 spiro atoms. The van der Waals surface area contributed by atoms with Crippen LogP contribution >= 0.6 is 0 Å². The van der Waals surface area contributed by atoms with E-state index in [4.69, 9.17) is 0 Å². The Labute approximate surface area is 109 Å². The Morgan fingerprint density at radius 1 is 1.33 bits per heavy atom. The summed E-state index contributed by atoms with van der Waals surface area (Å²) in [6.07, 6.45) is 0.794. The van der Waals surface area contributed by atoms with Gasteiger partial charge in [-0.15, -0.1) is 0 Å². The van der Waals surface area contributed by atoms with E-state index in [0.717, 1.165) is 30.4 Å². The molecule has 0 unspecified atom stereocenters. The van der Waals surface area contributed by atoms with Gasteiger partial charge in [0.15, 0.2) is 0 Å². The number of aliphatic hydroxyl groups is 1. The molecule has 0 aliphatic carbocycles. The van der Waals surface area contributed by atoms with Crippen LogP contribution in [0.25, 0.3) is 0 Å². The summed E-state index contributed by atoms with van der Waals surface area (Å²) >= 11 is 0. The zero-order chi connectivity index (χ0) is 13.8. The Kier molecular flexibility index (Phi) is 4.90. The minimum absolute atomic E-state index is 0.527. The smallest absolute Gasteiger partial charge is 0.134 e. The van der Waals surface area contributed by atoms with E-state index < -0.39 is 5.60 Å². The van der Waals surface area contributed by atoms with Gasteiger partial charge in [0, 0.05) is 32.6 Å². The number of hydrogen-bond donors (Lipinski definition) is 2. The van der Waals surface area contributed by atoms with Gasteiger partial charge in [-0.2, -0.15) is 0 Å². The van der Waals surface area contributed by atoms with Gasteiger partial charge in [-0.1, -0.05) is 6.92 Å². The van der Waals surface area contributed by atoms with E-state index in [-0.39, 0.29) is 0 Å². The van der Waals surface area contributed by atoms with Crippen molar-refractivity contribution in [2.45, 2.75) is 39.7 Å². The van der Waals surface area contributed by atoms with Gasteiger partial charge in [-0.3, -0.25) is 0 Å². The number of nitrogens with one attached hydrogen (secondary N) is 1. The van der Waals surface area contributed by atoms with Crippen LogP contribution in [0.1, 0.15) is 33.5 Å². The van der Waals surface area contributed by atoms with E-state index in [2.05, 4.69) is 15.3 Å². The fourth-order valence-corrected chi connectivity index (χ4v) is 1.77. The van der Waals surface area contributed by atoms with Gasteiger partial charge >= 0.3 is 0 Å². The van der Waals surface area contributed by atoms with Crippen molar-refractivity contribution in [3.05, 3.63) is 11.9 Å². The number of likely N-dealkylation sites (N-methyl/N-ethyl adjacent to an activating group) is 1. The van der Waals surface area contributed by atoms with Crippen molar-refractivity contribution in [1.29, 1.82) is 0 Å². The zero-order valence-electron chi connectivity index (χ0n) is 12.0. The third-order valence-electron chi connectivity index (χ3n) is 2.45. The predicted octanol–water partition coefficient (Wildman–Crippen LogP) is 1.68. The lowest BCUT2D eigenvalue weighted by Crippen LogP contribution is -2.36. The largest absolute Gasteiger partial charge is 0.389 e. The first-order valence-corrected chi connectivity index (χ1v) is 6.41. The Morgan fingerprint density at radius 2 is 2.00 bits per heavy atom. The normalized spacial score (nSPS) is 11.4. The maximum atomic E-state index is 9.85. The second-order valence-corrected chi connectivity index (χ2v) is 5.08. The van der Waals surface area contributed by atoms with Gasteiger partial charge in [0.1, 0.15) is 17.5 Å². The second kappa shape index (κ2) is 6.00. The molecule has 2 N–H and O–H groups in total. The first-order valence-electron chi connectivity index (χ1n) is 6.41. The van der Waals surface area contributed by atoms with Crippen molar-refractivity contribution < 1.29 is 5.11 Å². The summed E-state index contributed by atoms with van der Waals surface area (Å²) in [6.45, 7) is 9.00. The molecule has 0 aliphatic heterocycles. The SMILES string of the molecule is CCNc1cc(N(C)CC(C)(C)O)nc(CC)n1. The topological polar surface area (TPSA) is 61.3 Å². The second-order valence-electron chi connectivity index (χ2n) is 5.08. The van der Waals surface area contributed by atoms with Gasteiger partial charge in [-0.05, 0) is 20.8 Å². The number of rotatable bonds is 6. The van der Waals surface area contributed by atoms with Crippen LogP contribution in [0, 0.1) is 0 Å². The molecule has 18 heavy (non-hydrogen) atoms. The molecule has 0 saturated heterocycles. The molecule has 0 aliphatic rings. The molecule has 0 bridgehead atoms. The molecule has 1 aromatic heterocycles. The number of aromatic nitrogens is 2. The highest BCUT2D eigenvalue weighted by molar-refractivity contribution is 5.49. The molecule has 5 heteroatoms. The van der Waals surface area contributed by atoms with Crippen LogP contribution in [0.3, 0.4) is 0 Å². The molecule has 0 atom stereocenters. The standard InChI is InChI=1S/C13H24N4O/c1-6-10-15-11(14-7-2)8-12(16-10)17(5)9-13(3,4)18/h8,18H,6-7,9H2,1-5H3,(H,14,15,16). The maximum absolute atomic E-state index is 9.85. The van der Waals surface area contributed by atoms with Crippen LogP contribution in [0.15, 0.2) is 6.07 Å². The molecular weight excluding hydrogens is 228 g/mol. The van der Waals surface area contributed by atoms with Gasteiger partial charge in [-0.25, -0.2) is 9.97 Å². The number of hydrogen-bond acceptors (Lipinski definition) is 5. The highest BCUT2D eigenvalue weighted by Crippen LogP contribution is 2.17. The minimum Gasteiger partial charge on any atom is -0.389 e. The summed E-state index contributed by atoms with van der Waals surface area (Å²) in [6, 6.07) is 1.91. The van der Waals surface area contributed by atoms with Gasteiger partial charge in [0.05, 0.1) is 5.60 Å². The Hall–Kier alpha value is -1.36. The Bertz CT molecular complexity index is 387. The van der Waals surface area contributed by atoms with Crippen molar-refractivity contribution in [3.63, 3.8) is 0 Å². The first-order chi connectivity index (χ1) is 8.35. The van der Waals surface area contributed by atoms with Crippen LogP contribution in [0.4, 0.5) is 11.6 Å². The molecule has 0 amide bonds. The van der Waals surface area contributed by atoms with Crippen molar-refractivity contribution in [1.82, 2.24) is 9.97 Å². The quantitative estimate of drug-likeness (QED) is 0.806. The molecule has 5 nitrogen and oxygen atoms in total. The van der Waals surface area contributed by atoms with E-state index in [1.54, 1.807) is 13.8 Å². The van der Waals surface area contributed by atoms with E-state index >= 15 is 0 Å². The first kappa shape index (κ1) is 14.7. The molecule has 1 rings (SSSR count). The van der Waals surface area contributed by atoms with Crippen LogP contribution in [0.2, 0.25) is 0 Å². The molecule has 1 heterocycles. The van der Waals surface area contributed by atoms with Gasteiger partial charge < -0.3 is 15.3 Å². The molecule has 0 radical (unpaired) electrons. The number of aryl methyl sites for hydroxylation is 1. The molecule has 1 aromatic rings. The van der Waals surface area contributed by atoms with Crippen LogP contribution < -0.4 is 10.2 Å². The molecule has 0 saturated carbocycles. The zero-order valence-corrected chi connectivity index (χ0v) is 12.0. The Morgan fingerprint density at radius 3 is 2.50 bits per heavy atom. The van der Waals surface area contributed by atoms with Crippen molar-refractivity contribution in [2.24, 2.45) is 0 Å². The van der Waals surface area contributed by atoms with Crippen LogP contribution in [0.5, 0.6) is 0 Å². The van der Waals surface area contributed by atoms with E-state index in [1.165, 1.54) is 0 Å². The van der Waals surface area contributed by atoms with Gasteiger partial charge in [0.2, 0.25) is 0 Å².